The van der Waals surface area contributed by atoms with E-state index in [0.717, 1.165) is 12.0 Å². The van der Waals surface area contributed by atoms with Crippen molar-refractivity contribution >= 4 is 18.0 Å². The van der Waals surface area contributed by atoms with E-state index in [1.165, 1.54) is 6.08 Å². The summed E-state index contributed by atoms with van der Waals surface area (Å²) in [6, 6.07) is 9.37. The fourth-order valence-corrected chi connectivity index (χ4v) is 1.33. The van der Waals surface area contributed by atoms with E-state index in [4.69, 9.17) is 0 Å². The number of hydrogen-bond acceptors (Lipinski definition) is 3. The molecule has 100 valence electrons. The first-order valence-corrected chi connectivity index (χ1v) is 6.05. The molecule has 0 spiro atoms. The van der Waals surface area contributed by atoms with Crippen LogP contribution in [-0.4, -0.2) is 11.9 Å². The van der Waals surface area contributed by atoms with Gasteiger partial charge in [0.05, 0.1) is 0 Å². The second kappa shape index (κ2) is 12.8. The van der Waals surface area contributed by atoms with Crippen LogP contribution in [0.1, 0.15) is 35.1 Å². The van der Waals surface area contributed by atoms with Gasteiger partial charge in [0.15, 0.2) is 0 Å². The van der Waals surface area contributed by atoms with Crippen molar-refractivity contribution in [2.75, 3.05) is 0 Å². The molecule has 0 atom stereocenters. The van der Waals surface area contributed by atoms with E-state index in [9.17, 15) is 9.59 Å². The molecule has 0 aliphatic rings. The number of carbonyl (C=O) groups excluding carboxylic acids is 2. The number of ether oxygens (including phenoxy) is 1. The maximum absolute atomic E-state index is 11.3. The Morgan fingerprint density at radius 2 is 1.80 bits per heavy atom. The molecule has 0 aliphatic heterocycles. The van der Waals surface area contributed by atoms with Gasteiger partial charge in [-0.05, 0) is 24.0 Å². The van der Waals surface area contributed by atoms with Gasteiger partial charge in [-0.3, -0.25) is 4.79 Å². The standard InChI is InChI=1S/C15H18O3.2Na.2H/c1-12(2)8-10-14(16)18-15(17)11-9-13-6-4-3-5-7-13;;;;/h3-7,9,11-12H,8,10H2,1-2H3;;;;/q;2*+1;2*-1/b11-9+;;;;. The molecule has 0 saturated carbocycles. The van der Waals surface area contributed by atoms with Crippen LogP contribution < -0.4 is 59.1 Å². The van der Waals surface area contributed by atoms with Crippen LogP contribution in [0.15, 0.2) is 36.4 Å². The zero-order valence-corrected chi connectivity index (χ0v) is 16.8. The Bertz CT molecular complexity index is 438. The van der Waals surface area contributed by atoms with Gasteiger partial charge in [-0.1, -0.05) is 44.2 Å². The Kier molecular flexibility index (Phi) is 14.3. The maximum atomic E-state index is 11.3. The molecular weight excluding hydrogens is 274 g/mol. The van der Waals surface area contributed by atoms with Crippen molar-refractivity contribution in [2.45, 2.75) is 26.7 Å². The van der Waals surface area contributed by atoms with E-state index in [2.05, 4.69) is 4.74 Å². The van der Waals surface area contributed by atoms with E-state index in [1.807, 2.05) is 44.2 Å². The quantitative estimate of drug-likeness (QED) is 0.260. The smallest absolute Gasteiger partial charge is 1.00 e. The first-order chi connectivity index (χ1) is 8.58. The number of esters is 2. The minimum atomic E-state index is -0.618. The van der Waals surface area contributed by atoms with Gasteiger partial charge in [0, 0.05) is 12.5 Å². The third-order valence-electron chi connectivity index (χ3n) is 2.35. The predicted octanol–water partition coefficient (Wildman–Crippen LogP) is -2.56. The molecule has 0 heterocycles. The third-order valence-corrected chi connectivity index (χ3v) is 2.35. The molecule has 0 bridgehead atoms. The van der Waals surface area contributed by atoms with Gasteiger partial charge in [0.25, 0.3) is 0 Å². The first kappa shape index (κ1) is 22.4. The van der Waals surface area contributed by atoms with Crippen molar-refractivity contribution in [3.8, 4) is 0 Å². The number of hydrogen-bond donors (Lipinski definition) is 0. The van der Waals surface area contributed by atoms with E-state index < -0.39 is 11.9 Å². The van der Waals surface area contributed by atoms with E-state index in [1.54, 1.807) is 6.08 Å². The van der Waals surface area contributed by atoms with Crippen molar-refractivity contribution in [1.82, 2.24) is 0 Å². The van der Waals surface area contributed by atoms with Gasteiger partial charge >= 0.3 is 71.1 Å². The fourth-order valence-electron chi connectivity index (χ4n) is 1.33. The Balaban J connectivity index is -0.000000405. The molecule has 1 aromatic rings. The fraction of sp³-hybridized carbons (Fsp3) is 0.333. The van der Waals surface area contributed by atoms with Gasteiger partial charge in [-0.15, -0.1) is 0 Å². The number of rotatable bonds is 5. The summed E-state index contributed by atoms with van der Waals surface area (Å²) >= 11 is 0. The van der Waals surface area contributed by atoms with Crippen molar-refractivity contribution in [3.63, 3.8) is 0 Å². The third kappa shape index (κ3) is 10.8. The molecule has 0 aliphatic carbocycles. The normalized spacial score (nSPS) is 9.75. The summed E-state index contributed by atoms with van der Waals surface area (Å²) in [6.07, 6.45) is 3.90. The molecule has 0 aromatic heterocycles. The zero-order chi connectivity index (χ0) is 13.4. The summed E-state index contributed by atoms with van der Waals surface area (Å²) in [4.78, 5) is 22.6. The molecule has 3 nitrogen and oxygen atoms in total. The van der Waals surface area contributed by atoms with Crippen molar-refractivity contribution in [3.05, 3.63) is 42.0 Å². The largest absolute Gasteiger partial charge is 1.00 e. The van der Waals surface area contributed by atoms with Gasteiger partial charge < -0.3 is 7.59 Å². The molecule has 0 fully saturated rings. The molecule has 0 radical (unpaired) electrons. The molecule has 0 unspecified atom stereocenters. The summed E-state index contributed by atoms with van der Waals surface area (Å²) in [6.45, 7) is 4.04. The van der Waals surface area contributed by atoms with Crippen LogP contribution in [0.4, 0.5) is 0 Å². The van der Waals surface area contributed by atoms with Crippen LogP contribution in [0.2, 0.25) is 0 Å². The number of benzene rings is 1. The number of carbonyl (C=O) groups is 2. The summed E-state index contributed by atoms with van der Waals surface area (Å²) in [5, 5.41) is 0. The van der Waals surface area contributed by atoms with Crippen LogP contribution in [-0.2, 0) is 14.3 Å². The van der Waals surface area contributed by atoms with Gasteiger partial charge in [0.1, 0.15) is 0 Å². The molecule has 1 aromatic carbocycles. The van der Waals surface area contributed by atoms with Crippen molar-refractivity contribution in [2.24, 2.45) is 5.92 Å². The van der Waals surface area contributed by atoms with E-state index >= 15 is 0 Å². The summed E-state index contributed by atoms with van der Waals surface area (Å²) < 4.78 is 4.66. The van der Waals surface area contributed by atoms with Crippen molar-refractivity contribution in [1.29, 1.82) is 0 Å². The average Bonchev–Trinajstić information content (AvgIpc) is 2.35. The SMILES string of the molecule is CC(C)CCC(=O)OC(=O)/C=C/c1ccccc1.[H-].[H-].[Na+].[Na+]. The first-order valence-electron chi connectivity index (χ1n) is 6.05. The molecular formula is C15H20Na2O3. The topological polar surface area (TPSA) is 43.4 Å². The molecule has 5 heteroatoms. The maximum Gasteiger partial charge on any atom is 1.00 e. The second-order valence-corrected chi connectivity index (χ2v) is 4.47. The van der Waals surface area contributed by atoms with Gasteiger partial charge in [-0.2, -0.15) is 0 Å². The van der Waals surface area contributed by atoms with E-state index in [-0.39, 0.29) is 68.4 Å². The van der Waals surface area contributed by atoms with E-state index in [0.29, 0.717) is 5.92 Å². The predicted molar refractivity (Wildman–Crippen MR) is 72.9 cm³/mol. The summed E-state index contributed by atoms with van der Waals surface area (Å²) in [5.74, 6) is -0.661. The Morgan fingerprint density at radius 3 is 2.35 bits per heavy atom. The molecule has 1 rings (SSSR count). The zero-order valence-electron chi connectivity index (χ0n) is 14.8. The Hall–Kier alpha value is 0.100. The van der Waals surface area contributed by atoms with Gasteiger partial charge in [0.2, 0.25) is 0 Å². The minimum absolute atomic E-state index is 0. The Morgan fingerprint density at radius 1 is 1.20 bits per heavy atom. The van der Waals surface area contributed by atoms with Crippen molar-refractivity contribution < 1.29 is 76.3 Å². The van der Waals surface area contributed by atoms with Gasteiger partial charge in [-0.25, -0.2) is 4.79 Å². The molecule has 20 heavy (non-hydrogen) atoms. The summed E-state index contributed by atoms with van der Waals surface area (Å²) in [7, 11) is 0. The molecule has 0 amide bonds. The second-order valence-electron chi connectivity index (χ2n) is 4.47. The van der Waals surface area contributed by atoms with Crippen LogP contribution in [0.5, 0.6) is 0 Å². The molecule has 0 saturated heterocycles. The minimum Gasteiger partial charge on any atom is -1.00 e. The Labute approximate surface area is 167 Å². The molecule has 0 N–H and O–H groups in total. The monoisotopic (exact) mass is 294 g/mol. The van der Waals surface area contributed by atoms with Crippen LogP contribution in [0, 0.1) is 5.92 Å². The van der Waals surface area contributed by atoms with Crippen LogP contribution in [0.3, 0.4) is 0 Å². The average molecular weight is 294 g/mol. The summed E-state index contributed by atoms with van der Waals surface area (Å²) in [5.41, 5.74) is 0.893. The van der Waals surface area contributed by atoms with Crippen LogP contribution in [0.25, 0.3) is 6.08 Å². The van der Waals surface area contributed by atoms with Crippen LogP contribution >= 0.6 is 0 Å².